The highest BCUT2D eigenvalue weighted by Crippen LogP contribution is 2.17. The quantitative estimate of drug-likeness (QED) is 0.324. The van der Waals surface area contributed by atoms with Gasteiger partial charge in [0.15, 0.2) is 0 Å². The van der Waals surface area contributed by atoms with E-state index in [2.05, 4.69) is 78.4 Å². The highest BCUT2D eigenvalue weighted by molar-refractivity contribution is 5.76. The third-order valence-electron chi connectivity index (χ3n) is 5.92. The van der Waals surface area contributed by atoms with Crippen LogP contribution in [0.2, 0.25) is 0 Å². The van der Waals surface area contributed by atoms with Crippen molar-refractivity contribution in [3.63, 3.8) is 0 Å². The van der Waals surface area contributed by atoms with Gasteiger partial charge in [-0.15, -0.1) is 0 Å². The van der Waals surface area contributed by atoms with Gasteiger partial charge in [-0.3, -0.25) is 4.79 Å². The zero-order chi connectivity index (χ0) is 22.2. The Labute approximate surface area is 190 Å². The van der Waals surface area contributed by atoms with Crippen LogP contribution in [-0.2, 0) is 30.8 Å². The Morgan fingerprint density at radius 1 is 0.750 bits per heavy atom. The molecule has 0 spiro atoms. The Balaban J connectivity index is 1.51. The van der Waals surface area contributed by atoms with Crippen LogP contribution >= 0.6 is 0 Å². The molecule has 3 aromatic carbocycles. The smallest absolute Gasteiger partial charge is 0.223 e. The number of carbonyl (C=O) groups excluding carboxylic acids is 1. The lowest BCUT2D eigenvalue weighted by molar-refractivity contribution is -0.132. The van der Waals surface area contributed by atoms with Crippen molar-refractivity contribution >= 4 is 5.91 Å². The van der Waals surface area contributed by atoms with Gasteiger partial charge in [0.05, 0.1) is 6.54 Å². The first-order valence-corrected chi connectivity index (χ1v) is 11.2. The van der Waals surface area contributed by atoms with Gasteiger partial charge in [-0.05, 0) is 47.7 Å². The van der Waals surface area contributed by atoms with Gasteiger partial charge in [0.25, 0.3) is 0 Å². The molecule has 0 unspecified atom stereocenters. The summed E-state index contributed by atoms with van der Waals surface area (Å²) in [5, 5.41) is 0. The van der Waals surface area contributed by atoms with Crippen LogP contribution in [-0.4, -0.2) is 15.4 Å². The molecule has 0 bridgehead atoms. The van der Waals surface area contributed by atoms with Gasteiger partial charge in [0.1, 0.15) is 0 Å². The number of aryl methyl sites for hydroxylation is 2. The molecule has 0 N–H and O–H groups in total. The lowest BCUT2D eigenvalue weighted by Gasteiger charge is -2.24. The van der Waals surface area contributed by atoms with Gasteiger partial charge < -0.3 is 9.47 Å². The van der Waals surface area contributed by atoms with Gasteiger partial charge in [-0.2, -0.15) is 0 Å². The topological polar surface area (TPSA) is 25.2 Å². The summed E-state index contributed by atoms with van der Waals surface area (Å²) in [4.78, 5) is 15.3. The molecular weight excluding hydrogens is 392 g/mol. The number of benzene rings is 3. The molecule has 4 rings (SSSR count). The van der Waals surface area contributed by atoms with Gasteiger partial charge in [0, 0.05) is 31.4 Å². The Hall–Kier alpha value is -3.59. The first-order valence-electron chi connectivity index (χ1n) is 11.2. The summed E-state index contributed by atoms with van der Waals surface area (Å²) < 4.78 is 2.25. The fraction of sp³-hybridized carbons (Fsp3) is 0.207. The summed E-state index contributed by atoms with van der Waals surface area (Å²) in [7, 11) is 0. The second kappa shape index (κ2) is 10.6. The van der Waals surface area contributed by atoms with E-state index >= 15 is 0 Å². The summed E-state index contributed by atoms with van der Waals surface area (Å²) in [5.41, 5.74) is 6.08. The zero-order valence-corrected chi connectivity index (χ0v) is 18.7. The molecule has 0 fully saturated rings. The first-order chi connectivity index (χ1) is 15.7. The molecule has 32 heavy (non-hydrogen) atoms. The lowest BCUT2D eigenvalue weighted by Crippen LogP contribution is -2.31. The molecule has 3 nitrogen and oxygen atoms in total. The van der Waals surface area contributed by atoms with Crippen molar-refractivity contribution in [2.45, 2.75) is 39.4 Å². The minimum absolute atomic E-state index is 0.182. The Morgan fingerprint density at radius 3 is 2.12 bits per heavy atom. The van der Waals surface area contributed by atoms with Gasteiger partial charge in [-0.25, -0.2) is 0 Å². The Morgan fingerprint density at radius 2 is 1.41 bits per heavy atom. The highest BCUT2D eigenvalue weighted by Gasteiger charge is 2.17. The van der Waals surface area contributed by atoms with E-state index in [1.165, 1.54) is 16.7 Å². The molecule has 0 aliphatic heterocycles. The SMILES string of the molecule is Cc1ccccc1Cn1cccc1CN(Cc1ccccc1)C(=O)CCc1ccccc1. The van der Waals surface area contributed by atoms with E-state index in [4.69, 9.17) is 0 Å². The molecule has 3 heteroatoms. The van der Waals surface area contributed by atoms with Crippen LogP contribution in [0.25, 0.3) is 0 Å². The van der Waals surface area contributed by atoms with E-state index in [-0.39, 0.29) is 5.91 Å². The third kappa shape index (κ3) is 5.76. The zero-order valence-electron chi connectivity index (χ0n) is 18.7. The maximum absolute atomic E-state index is 13.3. The second-order valence-corrected chi connectivity index (χ2v) is 8.27. The van der Waals surface area contributed by atoms with Crippen molar-refractivity contribution in [1.29, 1.82) is 0 Å². The number of aromatic nitrogens is 1. The number of hydrogen-bond donors (Lipinski definition) is 0. The van der Waals surface area contributed by atoms with Crippen molar-refractivity contribution in [3.8, 4) is 0 Å². The van der Waals surface area contributed by atoms with Crippen LogP contribution in [0.1, 0.15) is 34.4 Å². The minimum atomic E-state index is 0.182. The van der Waals surface area contributed by atoms with Crippen LogP contribution in [0.4, 0.5) is 0 Å². The van der Waals surface area contributed by atoms with Crippen LogP contribution in [0.5, 0.6) is 0 Å². The summed E-state index contributed by atoms with van der Waals surface area (Å²) in [5.74, 6) is 0.182. The van der Waals surface area contributed by atoms with E-state index in [1.54, 1.807) is 0 Å². The maximum atomic E-state index is 13.3. The summed E-state index contributed by atoms with van der Waals surface area (Å²) in [6, 6.07) is 33.2. The molecule has 4 aromatic rings. The largest absolute Gasteiger partial charge is 0.345 e. The Kier molecular flexibility index (Phi) is 7.19. The molecule has 162 valence electrons. The molecule has 1 aromatic heterocycles. The van der Waals surface area contributed by atoms with Crippen LogP contribution < -0.4 is 0 Å². The van der Waals surface area contributed by atoms with Crippen LogP contribution in [0.3, 0.4) is 0 Å². The maximum Gasteiger partial charge on any atom is 0.223 e. The summed E-state index contributed by atoms with van der Waals surface area (Å²) in [6.07, 6.45) is 3.38. The molecule has 0 radical (unpaired) electrons. The van der Waals surface area contributed by atoms with E-state index in [0.717, 1.165) is 24.2 Å². The average molecular weight is 423 g/mol. The van der Waals surface area contributed by atoms with Gasteiger partial charge in [-0.1, -0.05) is 84.9 Å². The molecule has 0 saturated carbocycles. The van der Waals surface area contributed by atoms with Crippen molar-refractivity contribution in [2.24, 2.45) is 0 Å². The summed E-state index contributed by atoms with van der Waals surface area (Å²) in [6.45, 7) is 4.17. The standard InChI is InChI=1S/C29H30N2O/c1-24-11-8-9-16-27(24)22-30-20-10-17-28(30)23-31(21-26-14-6-3-7-15-26)29(32)19-18-25-12-4-2-5-13-25/h2-17,20H,18-19,21-23H2,1H3. The molecule has 0 aliphatic rings. The van der Waals surface area contributed by atoms with E-state index in [9.17, 15) is 4.79 Å². The lowest BCUT2D eigenvalue weighted by atomic mass is 10.1. The fourth-order valence-corrected chi connectivity index (χ4v) is 4.00. The predicted octanol–water partition coefficient (Wildman–Crippen LogP) is 6.01. The number of carbonyl (C=O) groups is 1. The summed E-state index contributed by atoms with van der Waals surface area (Å²) >= 11 is 0. The molecule has 1 heterocycles. The van der Waals surface area contributed by atoms with E-state index in [0.29, 0.717) is 19.5 Å². The second-order valence-electron chi connectivity index (χ2n) is 8.27. The van der Waals surface area contributed by atoms with Gasteiger partial charge in [0.2, 0.25) is 5.91 Å². The monoisotopic (exact) mass is 422 g/mol. The molecule has 0 aliphatic carbocycles. The Bertz CT molecular complexity index is 1130. The average Bonchev–Trinajstić information content (AvgIpc) is 3.26. The predicted molar refractivity (Wildman–Crippen MR) is 130 cm³/mol. The highest BCUT2D eigenvalue weighted by atomic mass is 16.2. The molecule has 1 amide bonds. The third-order valence-corrected chi connectivity index (χ3v) is 5.92. The van der Waals surface area contributed by atoms with Gasteiger partial charge >= 0.3 is 0 Å². The van der Waals surface area contributed by atoms with Crippen molar-refractivity contribution in [2.75, 3.05) is 0 Å². The van der Waals surface area contributed by atoms with E-state index in [1.807, 2.05) is 41.3 Å². The van der Waals surface area contributed by atoms with Crippen LogP contribution in [0.15, 0.2) is 103 Å². The first kappa shape index (κ1) is 21.6. The number of hydrogen-bond acceptors (Lipinski definition) is 1. The number of nitrogens with zero attached hydrogens (tertiary/aromatic N) is 2. The number of rotatable bonds is 9. The van der Waals surface area contributed by atoms with Crippen molar-refractivity contribution in [3.05, 3.63) is 131 Å². The molecular formula is C29H30N2O. The van der Waals surface area contributed by atoms with Crippen molar-refractivity contribution in [1.82, 2.24) is 9.47 Å². The minimum Gasteiger partial charge on any atom is -0.345 e. The normalized spacial score (nSPS) is 10.8. The van der Waals surface area contributed by atoms with Crippen LogP contribution in [0, 0.1) is 6.92 Å². The number of amides is 1. The molecule has 0 saturated heterocycles. The molecule has 0 atom stereocenters. The fourth-order valence-electron chi connectivity index (χ4n) is 4.00. The van der Waals surface area contributed by atoms with E-state index < -0.39 is 0 Å². The van der Waals surface area contributed by atoms with Crippen molar-refractivity contribution < 1.29 is 4.79 Å².